The van der Waals surface area contributed by atoms with Gasteiger partial charge in [0.15, 0.2) is 0 Å². The highest BCUT2D eigenvalue weighted by atomic mass is 16.5. The first kappa shape index (κ1) is 14.5. The van der Waals surface area contributed by atoms with Gasteiger partial charge in [-0.1, -0.05) is 0 Å². The van der Waals surface area contributed by atoms with Crippen LogP contribution in [0.25, 0.3) is 0 Å². The highest BCUT2D eigenvalue weighted by molar-refractivity contribution is 5.76. The minimum Gasteiger partial charge on any atom is -0.378 e. The van der Waals surface area contributed by atoms with Crippen LogP contribution in [0.5, 0.6) is 0 Å². The fourth-order valence-corrected chi connectivity index (χ4v) is 2.03. The molecule has 8 heteroatoms. The highest BCUT2D eigenvalue weighted by Crippen LogP contribution is 2.16. The third kappa shape index (κ3) is 3.55. The van der Waals surface area contributed by atoms with Crippen molar-refractivity contribution >= 4 is 17.5 Å². The number of ether oxygens (including phenoxy) is 1. The summed E-state index contributed by atoms with van der Waals surface area (Å²) < 4.78 is 5.22. The molecule has 0 saturated carbocycles. The molecule has 1 aromatic rings. The number of nitrogens with one attached hydrogen (secondary N) is 2. The summed E-state index contributed by atoms with van der Waals surface area (Å²) in [4.78, 5) is 21.9. The van der Waals surface area contributed by atoms with Crippen LogP contribution in [-0.2, 0) is 9.53 Å². The van der Waals surface area contributed by atoms with Crippen molar-refractivity contribution in [2.75, 3.05) is 43.6 Å². The second kappa shape index (κ2) is 7.01. The summed E-state index contributed by atoms with van der Waals surface area (Å²) in [5.41, 5.74) is 3.33. The van der Waals surface area contributed by atoms with E-state index in [-0.39, 0.29) is 5.91 Å². The van der Waals surface area contributed by atoms with Crippen molar-refractivity contribution in [1.29, 1.82) is 0 Å². The first-order valence-electron chi connectivity index (χ1n) is 6.60. The molecule has 0 radical (unpaired) electrons. The lowest BCUT2D eigenvalue weighted by Gasteiger charge is -2.26. The van der Waals surface area contributed by atoms with Crippen LogP contribution in [0.2, 0.25) is 0 Å². The molecule has 20 heavy (non-hydrogen) atoms. The molecule has 110 valence electrons. The predicted molar refractivity (Wildman–Crippen MR) is 75.1 cm³/mol. The number of aromatic nitrogens is 2. The number of hydrogen-bond donors (Lipinski definition) is 3. The molecule has 1 saturated heterocycles. The standard InChI is InChI=1S/C12H20N6O2/c1-9-11(15-8-16-12(9)17-13)14-3-2-10(19)18-4-6-20-7-5-18/h8H,2-7,13H2,1H3,(H2,14,15,16,17). The number of nitrogens with zero attached hydrogens (tertiary/aromatic N) is 3. The maximum Gasteiger partial charge on any atom is 0.224 e. The smallest absolute Gasteiger partial charge is 0.224 e. The Labute approximate surface area is 117 Å². The number of nitrogens with two attached hydrogens (primary N) is 1. The Morgan fingerprint density at radius 3 is 2.80 bits per heavy atom. The van der Waals surface area contributed by atoms with Gasteiger partial charge in [-0.15, -0.1) is 0 Å². The van der Waals surface area contributed by atoms with Gasteiger partial charge in [0.05, 0.1) is 13.2 Å². The fourth-order valence-electron chi connectivity index (χ4n) is 2.03. The van der Waals surface area contributed by atoms with E-state index in [0.29, 0.717) is 50.9 Å². The van der Waals surface area contributed by atoms with Crippen LogP contribution in [0.15, 0.2) is 6.33 Å². The van der Waals surface area contributed by atoms with E-state index in [9.17, 15) is 4.79 Å². The largest absolute Gasteiger partial charge is 0.378 e. The molecule has 1 fully saturated rings. The average molecular weight is 280 g/mol. The van der Waals surface area contributed by atoms with Gasteiger partial charge in [-0.2, -0.15) is 0 Å². The van der Waals surface area contributed by atoms with Gasteiger partial charge in [0.25, 0.3) is 0 Å². The molecule has 0 aromatic carbocycles. The molecule has 1 aliphatic heterocycles. The minimum absolute atomic E-state index is 0.129. The summed E-state index contributed by atoms with van der Waals surface area (Å²) in [6.07, 6.45) is 1.85. The Kier molecular flexibility index (Phi) is 5.08. The zero-order valence-electron chi connectivity index (χ0n) is 11.6. The second-order valence-electron chi connectivity index (χ2n) is 4.51. The Morgan fingerprint density at radius 1 is 1.40 bits per heavy atom. The van der Waals surface area contributed by atoms with E-state index >= 15 is 0 Å². The van der Waals surface area contributed by atoms with Crippen LogP contribution >= 0.6 is 0 Å². The molecule has 0 unspecified atom stereocenters. The van der Waals surface area contributed by atoms with Gasteiger partial charge in [-0.05, 0) is 6.92 Å². The third-order valence-corrected chi connectivity index (χ3v) is 3.22. The van der Waals surface area contributed by atoms with Crippen LogP contribution in [-0.4, -0.2) is 53.6 Å². The lowest BCUT2D eigenvalue weighted by atomic mass is 10.3. The van der Waals surface area contributed by atoms with Gasteiger partial charge in [0, 0.05) is 31.6 Å². The summed E-state index contributed by atoms with van der Waals surface area (Å²) in [5.74, 6) is 6.74. The van der Waals surface area contributed by atoms with Crippen molar-refractivity contribution in [2.24, 2.45) is 5.84 Å². The van der Waals surface area contributed by atoms with Gasteiger partial charge in [0.2, 0.25) is 5.91 Å². The molecule has 2 rings (SSSR count). The summed E-state index contributed by atoms with van der Waals surface area (Å²) >= 11 is 0. The fraction of sp³-hybridized carbons (Fsp3) is 0.583. The quantitative estimate of drug-likeness (QED) is 0.503. The van der Waals surface area contributed by atoms with Crippen molar-refractivity contribution < 1.29 is 9.53 Å². The van der Waals surface area contributed by atoms with Crippen LogP contribution in [0, 0.1) is 6.92 Å². The third-order valence-electron chi connectivity index (χ3n) is 3.22. The first-order chi connectivity index (χ1) is 9.72. The average Bonchev–Trinajstić information content (AvgIpc) is 2.49. The number of hydrazine groups is 1. The molecule has 0 bridgehead atoms. The molecule has 1 amide bonds. The van der Waals surface area contributed by atoms with Gasteiger partial charge >= 0.3 is 0 Å². The van der Waals surface area contributed by atoms with Crippen LogP contribution in [0.4, 0.5) is 11.6 Å². The van der Waals surface area contributed by atoms with Crippen molar-refractivity contribution in [1.82, 2.24) is 14.9 Å². The van der Waals surface area contributed by atoms with Crippen molar-refractivity contribution in [3.05, 3.63) is 11.9 Å². The normalized spacial score (nSPS) is 15.0. The van der Waals surface area contributed by atoms with E-state index in [4.69, 9.17) is 10.6 Å². The summed E-state index contributed by atoms with van der Waals surface area (Å²) in [7, 11) is 0. The van der Waals surface area contributed by atoms with E-state index in [1.807, 2.05) is 11.8 Å². The predicted octanol–water partition coefficient (Wildman–Crippen LogP) is -0.269. The number of carbonyl (C=O) groups is 1. The van der Waals surface area contributed by atoms with E-state index in [2.05, 4.69) is 20.7 Å². The molecule has 0 atom stereocenters. The molecule has 4 N–H and O–H groups in total. The summed E-state index contributed by atoms with van der Waals surface area (Å²) in [5, 5.41) is 3.13. The lowest BCUT2D eigenvalue weighted by molar-refractivity contribution is -0.134. The summed E-state index contributed by atoms with van der Waals surface area (Å²) in [6, 6.07) is 0. The SMILES string of the molecule is Cc1c(NN)ncnc1NCCC(=O)N1CCOCC1. The minimum atomic E-state index is 0.129. The maximum atomic E-state index is 12.0. The Bertz CT molecular complexity index is 461. The Morgan fingerprint density at radius 2 is 2.10 bits per heavy atom. The highest BCUT2D eigenvalue weighted by Gasteiger charge is 2.16. The molecular formula is C12H20N6O2. The number of nitrogen functional groups attached to an aromatic ring is 1. The molecule has 8 nitrogen and oxygen atoms in total. The van der Waals surface area contributed by atoms with Crippen molar-refractivity contribution in [3.8, 4) is 0 Å². The molecule has 1 aliphatic rings. The van der Waals surface area contributed by atoms with Crippen molar-refractivity contribution in [2.45, 2.75) is 13.3 Å². The number of rotatable bonds is 5. The zero-order valence-corrected chi connectivity index (χ0v) is 11.6. The van der Waals surface area contributed by atoms with Gasteiger partial charge < -0.3 is 20.4 Å². The first-order valence-corrected chi connectivity index (χ1v) is 6.60. The molecule has 2 heterocycles. The maximum absolute atomic E-state index is 12.0. The number of carbonyl (C=O) groups excluding carboxylic acids is 1. The molecule has 0 aliphatic carbocycles. The molecule has 1 aromatic heterocycles. The number of anilines is 2. The van der Waals surface area contributed by atoms with Gasteiger partial charge in [-0.3, -0.25) is 4.79 Å². The Balaban J connectivity index is 1.82. The molecule has 0 spiro atoms. The number of morpholine rings is 1. The second-order valence-corrected chi connectivity index (χ2v) is 4.51. The van der Waals surface area contributed by atoms with E-state index in [1.54, 1.807) is 0 Å². The lowest BCUT2D eigenvalue weighted by Crippen LogP contribution is -2.41. The van der Waals surface area contributed by atoms with E-state index in [0.717, 1.165) is 5.56 Å². The monoisotopic (exact) mass is 280 g/mol. The van der Waals surface area contributed by atoms with Crippen LogP contribution in [0.1, 0.15) is 12.0 Å². The molecular weight excluding hydrogens is 260 g/mol. The Hall–Kier alpha value is -1.93. The number of amides is 1. The summed E-state index contributed by atoms with van der Waals surface area (Å²) in [6.45, 7) is 4.98. The van der Waals surface area contributed by atoms with E-state index < -0.39 is 0 Å². The number of hydrogen-bond acceptors (Lipinski definition) is 7. The van der Waals surface area contributed by atoms with Gasteiger partial charge in [0.1, 0.15) is 18.0 Å². The van der Waals surface area contributed by atoms with Crippen molar-refractivity contribution in [3.63, 3.8) is 0 Å². The zero-order chi connectivity index (χ0) is 14.4. The van der Waals surface area contributed by atoms with E-state index in [1.165, 1.54) is 6.33 Å². The topological polar surface area (TPSA) is 105 Å². The van der Waals surface area contributed by atoms with Crippen LogP contribution < -0.4 is 16.6 Å². The van der Waals surface area contributed by atoms with Crippen LogP contribution in [0.3, 0.4) is 0 Å². The van der Waals surface area contributed by atoms with Gasteiger partial charge in [-0.25, -0.2) is 15.8 Å².